The van der Waals surface area contributed by atoms with Gasteiger partial charge in [-0.25, -0.2) is 9.97 Å². The Labute approximate surface area is 242 Å². The van der Waals surface area contributed by atoms with Crippen molar-refractivity contribution >= 4 is 34.6 Å². The van der Waals surface area contributed by atoms with Crippen molar-refractivity contribution in [2.24, 2.45) is 0 Å². The lowest BCUT2D eigenvalue weighted by Gasteiger charge is -2.32. The van der Waals surface area contributed by atoms with E-state index in [-0.39, 0.29) is 0 Å². The largest absolute Gasteiger partial charge is 0.308 e. The van der Waals surface area contributed by atoms with E-state index in [1.54, 1.807) is 0 Å². The van der Waals surface area contributed by atoms with Gasteiger partial charge in [-0.1, -0.05) is 109 Å². The summed E-state index contributed by atoms with van der Waals surface area (Å²) in [7, 11) is 0. The summed E-state index contributed by atoms with van der Waals surface area (Å²) < 4.78 is 2.09. The molecule has 5 heteroatoms. The molecule has 1 aliphatic heterocycles. The molecular formula is C36H24N4S. The van der Waals surface area contributed by atoms with E-state index in [1.165, 1.54) is 21.2 Å². The summed E-state index contributed by atoms with van der Waals surface area (Å²) in [5, 5.41) is 0. The Balaban J connectivity index is 1.21. The first-order valence-corrected chi connectivity index (χ1v) is 14.4. The van der Waals surface area contributed by atoms with E-state index in [9.17, 15) is 0 Å². The Morgan fingerprint density at radius 1 is 0.488 bits per heavy atom. The van der Waals surface area contributed by atoms with Crippen LogP contribution >= 0.6 is 11.8 Å². The number of para-hydroxylation sites is 2. The van der Waals surface area contributed by atoms with Crippen molar-refractivity contribution in [3.63, 3.8) is 0 Å². The monoisotopic (exact) mass is 544 g/mol. The SMILES string of the molecule is c1ccc(-c2nc3nc(-c4ccc(N5c6ccccc6Sc6ccccc65)cc4)ccn3c2-c2ccccc2)cc1. The van der Waals surface area contributed by atoms with E-state index in [0.29, 0.717) is 5.78 Å². The van der Waals surface area contributed by atoms with Gasteiger partial charge in [0.05, 0.1) is 28.5 Å². The van der Waals surface area contributed by atoms with Crippen LogP contribution in [0.1, 0.15) is 0 Å². The van der Waals surface area contributed by atoms with E-state index in [4.69, 9.17) is 9.97 Å². The number of benzene rings is 5. The molecule has 0 radical (unpaired) electrons. The van der Waals surface area contributed by atoms with Gasteiger partial charge in [0.25, 0.3) is 0 Å². The number of fused-ring (bicyclic) bond motifs is 3. The molecule has 0 unspecified atom stereocenters. The molecule has 7 aromatic rings. The molecule has 41 heavy (non-hydrogen) atoms. The molecular weight excluding hydrogens is 520 g/mol. The van der Waals surface area contributed by atoms with Crippen LogP contribution in [0.5, 0.6) is 0 Å². The highest BCUT2D eigenvalue weighted by molar-refractivity contribution is 7.99. The minimum absolute atomic E-state index is 0.681. The summed E-state index contributed by atoms with van der Waals surface area (Å²) in [5.41, 5.74) is 9.61. The molecule has 0 spiro atoms. The normalized spacial score (nSPS) is 12.2. The van der Waals surface area contributed by atoms with Crippen molar-refractivity contribution in [2.45, 2.75) is 9.79 Å². The molecule has 2 aromatic heterocycles. The zero-order valence-electron chi connectivity index (χ0n) is 22.1. The molecule has 0 atom stereocenters. The fourth-order valence-corrected chi connectivity index (χ4v) is 6.58. The first-order valence-electron chi connectivity index (χ1n) is 13.6. The summed E-state index contributed by atoms with van der Waals surface area (Å²) >= 11 is 1.82. The Kier molecular flexibility index (Phi) is 5.68. The van der Waals surface area contributed by atoms with Crippen LogP contribution in [-0.2, 0) is 0 Å². The number of aromatic nitrogens is 3. The number of nitrogens with zero attached hydrogens (tertiary/aromatic N) is 4. The van der Waals surface area contributed by atoms with Gasteiger partial charge in [0, 0.05) is 38.4 Å². The predicted molar refractivity (Wildman–Crippen MR) is 168 cm³/mol. The topological polar surface area (TPSA) is 33.4 Å². The van der Waals surface area contributed by atoms with Crippen molar-refractivity contribution in [1.29, 1.82) is 0 Å². The van der Waals surface area contributed by atoms with Crippen molar-refractivity contribution < 1.29 is 0 Å². The third-order valence-corrected chi connectivity index (χ3v) is 8.57. The van der Waals surface area contributed by atoms with E-state index < -0.39 is 0 Å². The number of hydrogen-bond donors (Lipinski definition) is 0. The smallest absolute Gasteiger partial charge is 0.235 e. The highest BCUT2D eigenvalue weighted by atomic mass is 32.2. The number of imidazole rings is 1. The second kappa shape index (κ2) is 9.81. The molecule has 0 saturated heterocycles. The maximum atomic E-state index is 5.03. The molecule has 0 aliphatic carbocycles. The summed E-state index contributed by atoms with van der Waals surface area (Å²) in [6, 6.07) is 48.6. The molecule has 0 saturated carbocycles. The second-order valence-electron chi connectivity index (χ2n) is 9.94. The van der Waals surface area contributed by atoms with Crippen LogP contribution in [0.2, 0.25) is 0 Å². The van der Waals surface area contributed by atoms with Crippen LogP contribution in [0.4, 0.5) is 17.1 Å². The van der Waals surface area contributed by atoms with Crippen LogP contribution in [0.15, 0.2) is 156 Å². The summed E-state index contributed by atoms with van der Waals surface area (Å²) in [6.45, 7) is 0. The molecule has 0 amide bonds. The first-order chi connectivity index (χ1) is 20.3. The lowest BCUT2D eigenvalue weighted by molar-refractivity contribution is 1.12. The van der Waals surface area contributed by atoms with E-state index in [1.807, 2.05) is 36.0 Å². The van der Waals surface area contributed by atoms with E-state index in [0.717, 1.165) is 39.5 Å². The van der Waals surface area contributed by atoms with Crippen molar-refractivity contribution in [1.82, 2.24) is 14.4 Å². The maximum absolute atomic E-state index is 5.03. The van der Waals surface area contributed by atoms with Gasteiger partial charge in [0.15, 0.2) is 0 Å². The van der Waals surface area contributed by atoms with Gasteiger partial charge in [-0.2, -0.15) is 0 Å². The lowest BCUT2D eigenvalue weighted by atomic mass is 10.1. The zero-order chi connectivity index (χ0) is 27.2. The highest BCUT2D eigenvalue weighted by Crippen LogP contribution is 2.51. The molecule has 0 N–H and O–H groups in total. The van der Waals surface area contributed by atoms with Gasteiger partial charge in [0.1, 0.15) is 0 Å². The molecule has 3 heterocycles. The quantitative estimate of drug-likeness (QED) is 0.221. The fraction of sp³-hybridized carbons (Fsp3) is 0. The lowest BCUT2D eigenvalue weighted by Crippen LogP contribution is -2.14. The Bertz CT molecular complexity index is 1970. The van der Waals surface area contributed by atoms with Crippen LogP contribution in [0, 0.1) is 0 Å². The van der Waals surface area contributed by atoms with E-state index in [2.05, 4.69) is 131 Å². The standard InChI is InChI=1S/C36H24N4S/c1-3-11-26(12-4-1)34-35(27-13-5-2-6-14-27)39-24-23-29(37-36(39)38-34)25-19-21-28(22-20-25)40-30-15-7-9-17-32(30)41-33-18-10-8-16-31(33)40/h1-24H. The number of hydrogen-bond acceptors (Lipinski definition) is 4. The summed E-state index contributed by atoms with van der Waals surface area (Å²) in [5.74, 6) is 0.681. The molecule has 1 aliphatic rings. The molecule has 0 fully saturated rings. The second-order valence-corrected chi connectivity index (χ2v) is 11.0. The third kappa shape index (κ3) is 4.10. The molecule has 8 rings (SSSR count). The Morgan fingerprint density at radius 3 is 1.73 bits per heavy atom. The molecule has 5 aromatic carbocycles. The van der Waals surface area contributed by atoms with E-state index >= 15 is 0 Å². The average molecular weight is 545 g/mol. The Morgan fingerprint density at radius 2 is 1.07 bits per heavy atom. The maximum Gasteiger partial charge on any atom is 0.235 e. The predicted octanol–water partition coefficient (Wildman–Crippen LogP) is 9.66. The average Bonchev–Trinajstić information content (AvgIpc) is 3.43. The first kappa shape index (κ1) is 23.7. The van der Waals surface area contributed by atoms with Gasteiger partial charge in [-0.3, -0.25) is 4.40 Å². The zero-order valence-corrected chi connectivity index (χ0v) is 22.9. The van der Waals surface area contributed by atoms with Crippen molar-refractivity contribution in [3.8, 4) is 33.8 Å². The van der Waals surface area contributed by atoms with Gasteiger partial charge in [0.2, 0.25) is 5.78 Å². The Hall–Kier alpha value is -5.13. The number of rotatable bonds is 4. The minimum Gasteiger partial charge on any atom is -0.308 e. The van der Waals surface area contributed by atoms with Crippen molar-refractivity contribution in [3.05, 3.63) is 146 Å². The van der Waals surface area contributed by atoms with Crippen LogP contribution in [0.3, 0.4) is 0 Å². The van der Waals surface area contributed by atoms with Gasteiger partial charge in [-0.15, -0.1) is 0 Å². The van der Waals surface area contributed by atoms with Gasteiger partial charge < -0.3 is 4.90 Å². The van der Waals surface area contributed by atoms with Crippen LogP contribution < -0.4 is 4.90 Å². The molecule has 0 bridgehead atoms. The molecule has 194 valence electrons. The summed E-state index contributed by atoms with van der Waals surface area (Å²) in [4.78, 5) is 14.9. The van der Waals surface area contributed by atoms with Crippen LogP contribution in [0.25, 0.3) is 39.5 Å². The molecule has 4 nitrogen and oxygen atoms in total. The summed E-state index contributed by atoms with van der Waals surface area (Å²) in [6.07, 6.45) is 2.09. The fourth-order valence-electron chi connectivity index (χ4n) is 5.53. The van der Waals surface area contributed by atoms with Gasteiger partial charge >= 0.3 is 0 Å². The van der Waals surface area contributed by atoms with Crippen LogP contribution in [-0.4, -0.2) is 14.4 Å². The van der Waals surface area contributed by atoms with Gasteiger partial charge in [-0.05, 0) is 42.5 Å². The highest BCUT2D eigenvalue weighted by Gasteiger charge is 2.24. The van der Waals surface area contributed by atoms with Crippen molar-refractivity contribution in [2.75, 3.05) is 4.90 Å². The number of anilines is 3. The third-order valence-electron chi connectivity index (χ3n) is 7.44. The minimum atomic E-state index is 0.681.